The van der Waals surface area contributed by atoms with E-state index in [0.717, 1.165) is 29.7 Å². The lowest BCUT2D eigenvalue weighted by molar-refractivity contribution is -0.273. The Hall–Kier alpha value is -1.35. The van der Waals surface area contributed by atoms with Crippen LogP contribution < -0.4 is 0 Å². The maximum absolute atomic E-state index is 11.4. The van der Waals surface area contributed by atoms with E-state index < -0.39 is 0 Å². The van der Waals surface area contributed by atoms with Crippen LogP contribution in [0.15, 0.2) is 24.8 Å². The van der Waals surface area contributed by atoms with Crippen LogP contribution in [0, 0.1) is 28.6 Å². The molecular weight excluding hydrogens is 308 g/mol. The smallest absolute Gasteiger partial charge is 0.0992 e. The van der Waals surface area contributed by atoms with Crippen molar-refractivity contribution in [2.45, 2.75) is 63.4 Å². The number of rotatable bonds is 4. The number of aromatic nitrogens is 2. The van der Waals surface area contributed by atoms with Crippen molar-refractivity contribution >= 4 is 5.52 Å². The van der Waals surface area contributed by atoms with Gasteiger partial charge in [0.25, 0.3) is 0 Å². The van der Waals surface area contributed by atoms with Gasteiger partial charge in [0.05, 0.1) is 24.1 Å². The molecule has 0 aliphatic heterocycles. The molecule has 5 fully saturated rings. The lowest BCUT2D eigenvalue weighted by atomic mass is 9.29. The first-order valence-corrected chi connectivity index (χ1v) is 10.3. The monoisotopic (exact) mass is 334 g/mol. The number of nitrogens with zero attached hydrogens (tertiary/aromatic N) is 2. The van der Waals surface area contributed by atoms with Crippen LogP contribution in [0.4, 0.5) is 0 Å². The second kappa shape index (κ2) is 4.14. The average molecular weight is 334 g/mol. The lowest BCUT2D eigenvalue weighted by Gasteiger charge is -2.75. The summed E-state index contributed by atoms with van der Waals surface area (Å²) in [5.41, 5.74) is 4.86. The van der Waals surface area contributed by atoms with Crippen LogP contribution in [0.3, 0.4) is 0 Å². The highest BCUT2D eigenvalue weighted by Gasteiger charge is 2.80. The molecule has 5 saturated carbocycles. The normalized spacial score (nSPS) is 44.4. The molecule has 3 atom stereocenters. The Kier molecular flexibility index (Phi) is 2.28. The fraction of sp³-hybridized carbons (Fsp3) is 0.682. The molecule has 3 heteroatoms. The molecule has 2 aromatic heterocycles. The van der Waals surface area contributed by atoms with Gasteiger partial charge in [0.2, 0.25) is 0 Å². The number of fused-ring (bicyclic) bond motifs is 2. The van der Waals surface area contributed by atoms with Crippen LogP contribution in [-0.4, -0.2) is 14.5 Å². The third kappa shape index (κ3) is 1.45. The second-order valence-corrected chi connectivity index (χ2v) is 10.0. The molecule has 1 N–H and O–H groups in total. The minimum absolute atomic E-state index is 0.313. The summed E-state index contributed by atoms with van der Waals surface area (Å²) >= 11 is 0. The van der Waals surface area contributed by atoms with E-state index in [9.17, 15) is 5.11 Å². The predicted molar refractivity (Wildman–Crippen MR) is 95.2 cm³/mol. The van der Waals surface area contributed by atoms with Crippen molar-refractivity contribution in [3.63, 3.8) is 0 Å². The van der Waals surface area contributed by atoms with E-state index in [0.29, 0.717) is 16.7 Å². The Morgan fingerprint density at radius 2 is 2.00 bits per heavy atom. The molecule has 0 aromatic carbocycles. The van der Waals surface area contributed by atoms with E-state index in [-0.39, 0.29) is 6.10 Å². The van der Waals surface area contributed by atoms with Crippen molar-refractivity contribution in [1.29, 1.82) is 0 Å². The minimum Gasteiger partial charge on any atom is -0.388 e. The summed E-state index contributed by atoms with van der Waals surface area (Å²) in [6.07, 6.45) is 16.5. The Morgan fingerprint density at radius 1 is 1.20 bits per heavy atom. The number of hydrogen-bond donors (Lipinski definition) is 1. The van der Waals surface area contributed by atoms with E-state index in [4.69, 9.17) is 0 Å². The molecule has 0 saturated heterocycles. The number of aliphatic hydroxyl groups excluding tert-OH is 1. The molecule has 5 aliphatic carbocycles. The zero-order chi connectivity index (χ0) is 16.4. The van der Waals surface area contributed by atoms with Crippen LogP contribution in [0.5, 0.6) is 0 Å². The van der Waals surface area contributed by atoms with Gasteiger partial charge in [0.1, 0.15) is 0 Å². The van der Waals surface area contributed by atoms with Gasteiger partial charge in [-0.1, -0.05) is 0 Å². The van der Waals surface area contributed by atoms with Crippen LogP contribution in [-0.2, 0) is 0 Å². The van der Waals surface area contributed by atoms with Gasteiger partial charge in [0, 0.05) is 11.8 Å². The lowest BCUT2D eigenvalue weighted by Crippen LogP contribution is -2.68. The highest BCUT2D eigenvalue weighted by molar-refractivity contribution is 5.59. The Balaban J connectivity index is 1.28. The Morgan fingerprint density at radius 3 is 2.72 bits per heavy atom. The van der Waals surface area contributed by atoms with Crippen molar-refractivity contribution in [1.82, 2.24) is 9.38 Å². The van der Waals surface area contributed by atoms with Crippen LogP contribution in [0.1, 0.15) is 74.5 Å². The van der Waals surface area contributed by atoms with Gasteiger partial charge < -0.3 is 9.51 Å². The molecule has 7 rings (SSSR count). The van der Waals surface area contributed by atoms with E-state index in [1.165, 1.54) is 56.1 Å². The number of imidazole rings is 1. The van der Waals surface area contributed by atoms with Crippen LogP contribution in [0.2, 0.25) is 0 Å². The molecule has 2 bridgehead atoms. The zero-order valence-electron chi connectivity index (χ0n) is 14.7. The largest absolute Gasteiger partial charge is 0.388 e. The number of aliphatic hydroxyl groups is 1. The maximum atomic E-state index is 11.4. The first kappa shape index (κ1) is 13.8. The number of pyridine rings is 1. The summed E-state index contributed by atoms with van der Waals surface area (Å²) in [4.78, 5) is 4.35. The molecule has 25 heavy (non-hydrogen) atoms. The van der Waals surface area contributed by atoms with E-state index in [2.05, 4.69) is 21.6 Å². The Bertz CT molecular complexity index is 879. The summed E-state index contributed by atoms with van der Waals surface area (Å²) in [5, 5.41) is 11.4. The minimum atomic E-state index is -0.313. The van der Waals surface area contributed by atoms with Crippen molar-refractivity contribution in [3.05, 3.63) is 35.9 Å². The van der Waals surface area contributed by atoms with Crippen LogP contribution >= 0.6 is 0 Å². The highest BCUT2D eigenvalue weighted by Crippen LogP contribution is 2.88. The van der Waals surface area contributed by atoms with E-state index in [1.807, 2.05) is 12.5 Å². The van der Waals surface area contributed by atoms with Crippen LogP contribution in [0.25, 0.3) is 5.52 Å². The summed E-state index contributed by atoms with van der Waals surface area (Å²) in [7, 11) is 0. The fourth-order valence-corrected chi connectivity index (χ4v) is 8.36. The number of hydrogen-bond acceptors (Lipinski definition) is 2. The molecule has 3 unspecified atom stereocenters. The molecular formula is C22H26N2O. The maximum Gasteiger partial charge on any atom is 0.0992 e. The van der Waals surface area contributed by atoms with Gasteiger partial charge in [-0.3, -0.25) is 0 Å². The van der Waals surface area contributed by atoms with Gasteiger partial charge in [-0.25, -0.2) is 4.98 Å². The Labute approximate surface area is 148 Å². The third-order valence-electron chi connectivity index (χ3n) is 9.18. The van der Waals surface area contributed by atoms with Crippen molar-refractivity contribution < 1.29 is 5.11 Å². The molecule has 2 heterocycles. The fourth-order valence-electron chi connectivity index (χ4n) is 8.36. The first-order chi connectivity index (χ1) is 12.2. The average Bonchev–Trinajstić information content (AvgIpc) is 3.07. The van der Waals surface area contributed by atoms with E-state index in [1.54, 1.807) is 0 Å². The molecule has 5 aliphatic rings. The topological polar surface area (TPSA) is 37.5 Å². The summed E-state index contributed by atoms with van der Waals surface area (Å²) in [5.74, 6) is 3.71. The van der Waals surface area contributed by atoms with Gasteiger partial charge in [-0.2, -0.15) is 0 Å². The van der Waals surface area contributed by atoms with Crippen molar-refractivity contribution in [2.24, 2.45) is 28.6 Å². The zero-order valence-corrected chi connectivity index (χ0v) is 14.7. The van der Waals surface area contributed by atoms with Crippen molar-refractivity contribution in [2.75, 3.05) is 0 Å². The SMILES string of the molecule is OC(CC12CC3CC4CC(C1)C32C4)c1c(C2CC2)ccn2cncc12. The van der Waals surface area contributed by atoms with Gasteiger partial charge in [-0.05, 0) is 97.5 Å². The molecule has 0 amide bonds. The molecule has 1 spiro atoms. The molecule has 0 radical (unpaired) electrons. The second-order valence-electron chi connectivity index (χ2n) is 10.0. The molecule has 3 nitrogen and oxygen atoms in total. The third-order valence-corrected chi connectivity index (χ3v) is 9.18. The summed E-state index contributed by atoms with van der Waals surface area (Å²) in [6, 6.07) is 2.25. The van der Waals surface area contributed by atoms with Gasteiger partial charge >= 0.3 is 0 Å². The standard InChI is InChI=1S/C22H26N2O/c25-19(10-21-8-15-5-13-6-16(9-21)22(15,21)7-13)20-17(14-1-2-14)3-4-24-12-23-11-18(20)24/h3-4,11-16,19,25H,1-2,5-10H2. The van der Waals surface area contributed by atoms with Crippen molar-refractivity contribution in [3.8, 4) is 0 Å². The quantitative estimate of drug-likeness (QED) is 0.896. The molecule has 2 aromatic rings. The predicted octanol–water partition coefficient (Wildman–Crippen LogP) is 4.46. The van der Waals surface area contributed by atoms with E-state index >= 15 is 0 Å². The van der Waals surface area contributed by atoms with Gasteiger partial charge in [0.15, 0.2) is 0 Å². The summed E-state index contributed by atoms with van der Waals surface area (Å²) in [6.45, 7) is 0. The molecule has 130 valence electrons. The summed E-state index contributed by atoms with van der Waals surface area (Å²) < 4.78 is 2.09. The highest BCUT2D eigenvalue weighted by atomic mass is 16.3. The first-order valence-electron chi connectivity index (χ1n) is 10.3. The van der Waals surface area contributed by atoms with Gasteiger partial charge in [-0.15, -0.1) is 0 Å².